The Morgan fingerprint density at radius 2 is 1.59 bits per heavy atom. The van der Waals surface area contributed by atoms with Crippen LogP contribution < -0.4 is 10.8 Å². The van der Waals surface area contributed by atoms with E-state index >= 15 is 0 Å². The van der Waals surface area contributed by atoms with Crippen molar-refractivity contribution < 1.29 is 0 Å². The Morgan fingerprint density at radius 1 is 0.906 bits per heavy atom. The van der Waals surface area contributed by atoms with Crippen LogP contribution in [0.1, 0.15) is 17.8 Å². The fourth-order valence-corrected chi connectivity index (χ4v) is 4.16. The van der Waals surface area contributed by atoms with Gasteiger partial charge < -0.3 is 10.2 Å². The fraction of sp³-hybridized carbons (Fsp3) is 0.440. The number of piperazine rings is 1. The molecule has 0 amide bonds. The number of fused-ring (bicyclic) bond motifs is 1. The van der Waals surface area contributed by atoms with Crippen molar-refractivity contribution in [2.45, 2.75) is 19.5 Å². The maximum absolute atomic E-state index is 6.12. The molecule has 32 heavy (non-hydrogen) atoms. The van der Waals surface area contributed by atoms with E-state index in [1.54, 1.807) is 0 Å². The van der Waals surface area contributed by atoms with Crippen molar-refractivity contribution in [2.24, 2.45) is 0 Å². The van der Waals surface area contributed by atoms with Gasteiger partial charge in [0.2, 0.25) is 0 Å². The molecule has 0 aliphatic carbocycles. The van der Waals surface area contributed by atoms with Crippen LogP contribution in [0.5, 0.6) is 0 Å². The van der Waals surface area contributed by atoms with E-state index in [9.17, 15) is 0 Å². The SMILES string of the molecule is [B]c1ccccc1CN1CCN(Cc2nc(NCCCN(C)C)c3ccccc3n2)CC1. The van der Waals surface area contributed by atoms with Gasteiger partial charge in [-0.3, -0.25) is 9.80 Å². The van der Waals surface area contributed by atoms with Crippen LogP contribution in [0.4, 0.5) is 5.82 Å². The first-order valence-electron chi connectivity index (χ1n) is 11.5. The topological polar surface area (TPSA) is 47.5 Å². The molecule has 4 rings (SSSR count). The second-order valence-corrected chi connectivity index (χ2v) is 8.84. The third-order valence-corrected chi connectivity index (χ3v) is 6.00. The van der Waals surface area contributed by atoms with Crippen molar-refractivity contribution in [1.82, 2.24) is 24.7 Å². The molecule has 1 N–H and O–H groups in total. The molecule has 0 atom stereocenters. The van der Waals surface area contributed by atoms with Gasteiger partial charge in [-0.05, 0) is 44.8 Å². The van der Waals surface area contributed by atoms with Crippen molar-refractivity contribution in [2.75, 3.05) is 58.7 Å². The largest absolute Gasteiger partial charge is 0.369 e. The highest BCUT2D eigenvalue weighted by atomic mass is 15.3. The Labute approximate surface area is 193 Å². The van der Waals surface area contributed by atoms with Gasteiger partial charge in [0, 0.05) is 44.7 Å². The lowest BCUT2D eigenvalue weighted by molar-refractivity contribution is 0.120. The lowest BCUT2D eigenvalue weighted by atomic mass is 9.90. The number of anilines is 1. The molecule has 1 saturated heterocycles. The monoisotopic (exact) mass is 428 g/mol. The van der Waals surface area contributed by atoms with Crippen molar-refractivity contribution in [3.8, 4) is 0 Å². The Hall–Kier alpha value is -2.48. The minimum absolute atomic E-state index is 0.776. The fourth-order valence-electron chi connectivity index (χ4n) is 4.16. The molecule has 1 aliphatic heterocycles. The predicted molar refractivity (Wildman–Crippen MR) is 134 cm³/mol. The molecule has 0 bridgehead atoms. The number of rotatable bonds is 9. The number of hydrogen-bond donors (Lipinski definition) is 1. The minimum atomic E-state index is 0.776. The highest BCUT2D eigenvalue weighted by molar-refractivity contribution is 6.33. The summed E-state index contributed by atoms with van der Waals surface area (Å²) in [7, 11) is 10.3. The normalized spacial score (nSPS) is 15.5. The van der Waals surface area contributed by atoms with Crippen molar-refractivity contribution in [3.63, 3.8) is 0 Å². The van der Waals surface area contributed by atoms with Gasteiger partial charge >= 0.3 is 0 Å². The Balaban J connectivity index is 1.37. The lowest BCUT2D eigenvalue weighted by Gasteiger charge is -2.34. The maximum atomic E-state index is 6.12. The van der Waals surface area contributed by atoms with Gasteiger partial charge in [0.1, 0.15) is 19.5 Å². The Bertz CT molecular complexity index is 1020. The van der Waals surface area contributed by atoms with Gasteiger partial charge in [-0.2, -0.15) is 0 Å². The second kappa shape index (κ2) is 10.9. The summed E-state index contributed by atoms with van der Waals surface area (Å²) in [5.41, 5.74) is 3.10. The average Bonchev–Trinajstić information content (AvgIpc) is 2.79. The molecule has 6 nitrogen and oxygen atoms in total. The van der Waals surface area contributed by atoms with Crippen molar-refractivity contribution >= 4 is 30.0 Å². The molecule has 0 spiro atoms. The Morgan fingerprint density at radius 3 is 2.34 bits per heavy atom. The van der Waals surface area contributed by atoms with E-state index < -0.39 is 0 Å². The lowest BCUT2D eigenvalue weighted by Crippen LogP contribution is -2.46. The first-order chi connectivity index (χ1) is 15.6. The van der Waals surface area contributed by atoms with E-state index in [1.165, 1.54) is 5.56 Å². The van der Waals surface area contributed by atoms with E-state index in [-0.39, 0.29) is 0 Å². The first kappa shape index (κ1) is 22.7. The molecule has 2 aromatic carbocycles. The summed E-state index contributed by atoms with van der Waals surface area (Å²) in [6.45, 7) is 7.71. The van der Waals surface area contributed by atoms with E-state index in [0.29, 0.717) is 0 Å². The van der Waals surface area contributed by atoms with E-state index in [0.717, 1.165) is 86.8 Å². The summed E-state index contributed by atoms with van der Waals surface area (Å²) < 4.78 is 0. The molecule has 3 aromatic rings. The summed E-state index contributed by atoms with van der Waals surface area (Å²) in [5, 5.41) is 4.63. The molecule has 7 heteroatoms. The van der Waals surface area contributed by atoms with Crippen molar-refractivity contribution in [3.05, 3.63) is 59.9 Å². The molecule has 166 valence electrons. The maximum Gasteiger partial charge on any atom is 0.145 e. The molecular formula is C25H33BN6. The van der Waals surface area contributed by atoms with Gasteiger partial charge in [-0.1, -0.05) is 41.9 Å². The van der Waals surface area contributed by atoms with Crippen LogP contribution in [0, 0.1) is 0 Å². The summed E-state index contributed by atoms with van der Waals surface area (Å²) in [4.78, 5) is 16.9. The van der Waals surface area contributed by atoms with Gasteiger partial charge in [0.25, 0.3) is 0 Å². The molecular weight excluding hydrogens is 395 g/mol. The van der Waals surface area contributed by atoms with Crippen LogP contribution in [0.3, 0.4) is 0 Å². The van der Waals surface area contributed by atoms with Crippen LogP contribution in [0.2, 0.25) is 0 Å². The third-order valence-electron chi connectivity index (χ3n) is 6.00. The van der Waals surface area contributed by atoms with Crippen LogP contribution in [-0.2, 0) is 13.1 Å². The number of benzene rings is 2. The number of aromatic nitrogens is 2. The van der Waals surface area contributed by atoms with Gasteiger partial charge in [-0.15, -0.1) is 0 Å². The Kier molecular flexibility index (Phi) is 7.74. The molecule has 1 fully saturated rings. The summed E-state index contributed by atoms with van der Waals surface area (Å²) >= 11 is 0. The molecule has 1 aliphatic rings. The van der Waals surface area contributed by atoms with E-state index in [1.807, 2.05) is 18.2 Å². The summed E-state index contributed by atoms with van der Waals surface area (Å²) in [5.74, 6) is 1.84. The third kappa shape index (κ3) is 6.06. The highest BCUT2D eigenvalue weighted by Gasteiger charge is 2.19. The van der Waals surface area contributed by atoms with Gasteiger partial charge in [0.15, 0.2) is 0 Å². The molecule has 0 saturated carbocycles. The zero-order valence-electron chi connectivity index (χ0n) is 19.3. The quantitative estimate of drug-likeness (QED) is 0.416. The number of hydrogen-bond acceptors (Lipinski definition) is 6. The van der Waals surface area contributed by atoms with Gasteiger partial charge in [0.05, 0.1) is 12.1 Å². The summed E-state index contributed by atoms with van der Waals surface area (Å²) in [6.07, 6.45) is 1.08. The van der Waals surface area contributed by atoms with E-state index in [4.69, 9.17) is 17.8 Å². The number of nitrogens with zero attached hydrogens (tertiary/aromatic N) is 5. The van der Waals surface area contributed by atoms with Crippen LogP contribution in [0.15, 0.2) is 48.5 Å². The van der Waals surface area contributed by atoms with Crippen LogP contribution in [-0.4, -0.2) is 85.9 Å². The van der Waals surface area contributed by atoms with Crippen molar-refractivity contribution in [1.29, 1.82) is 0 Å². The second-order valence-electron chi connectivity index (χ2n) is 8.84. The summed E-state index contributed by atoms with van der Waals surface area (Å²) in [6, 6.07) is 16.4. The number of nitrogens with one attached hydrogen (secondary N) is 1. The molecule has 2 radical (unpaired) electrons. The minimum Gasteiger partial charge on any atom is -0.369 e. The van der Waals surface area contributed by atoms with E-state index in [2.05, 4.69) is 64.4 Å². The number of para-hydroxylation sites is 1. The zero-order chi connectivity index (χ0) is 22.3. The van der Waals surface area contributed by atoms with Crippen LogP contribution in [0.25, 0.3) is 10.9 Å². The first-order valence-corrected chi connectivity index (χ1v) is 11.5. The molecule has 1 aromatic heterocycles. The standard InChI is InChI=1S/C25H33BN6/c1-30(2)13-7-12-27-25-21-9-4-6-11-23(21)28-24(29-25)19-32-16-14-31(15-17-32)18-20-8-3-5-10-22(20)26/h3-6,8-11H,7,12-19H2,1-2H3,(H,27,28,29). The zero-order valence-corrected chi connectivity index (χ0v) is 19.3. The highest BCUT2D eigenvalue weighted by Crippen LogP contribution is 2.21. The molecule has 2 heterocycles. The van der Waals surface area contributed by atoms with Gasteiger partial charge in [-0.25, -0.2) is 9.97 Å². The van der Waals surface area contributed by atoms with Crippen LogP contribution >= 0.6 is 0 Å². The molecule has 0 unspecified atom stereocenters. The smallest absolute Gasteiger partial charge is 0.145 e. The predicted octanol–water partition coefficient (Wildman–Crippen LogP) is 2.10. The average molecular weight is 428 g/mol.